The van der Waals surface area contributed by atoms with E-state index in [-0.39, 0.29) is 49.7 Å². The maximum Gasteiger partial charge on any atom is 0.494 e. The minimum Gasteiger partial charge on any atom is -0.479 e. The summed E-state index contributed by atoms with van der Waals surface area (Å²) in [6, 6.07) is 15.4. The van der Waals surface area contributed by atoms with Gasteiger partial charge in [-0.3, -0.25) is 13.9 Å². The van der Waals surface area contributed by atoms with E-state index in [1.165, 1.54) is 19.2 Å². The molecule has 242 valence electrons. The fraction of sp³-hybridized carbons (Fsp3) is 0.379. The van der Waals surface area contributed by atoms with Gasteiger partial charge in [0, 0.05) is 13.0 Å². The number of imidazole rings is 1. The van der Waals surface area contributed by atoms with Crippen LogP contribution in [0, 0.1) is 5.82 Å². The highest BCUT2D eigenvalue weighted by atomic mass is 31.1. The van der Waals surface area contributed by atoms with E-state index in [4.69, 9.17) is 33.6 Å². The van der Waals surface area contributed by atoms with Gasteiger partial charge in [0.1, 0.15) is 23.6 Å². The zero-order chi connectivity index (χ0) is 32.3. The highest BCUT2D eigenvalue weighted by Crippen LogP contribution is 2.48. The summed E-state index contributed by atoms with van der Waals surface area (Å²) in [5.41, 5.74) is 7.26. The number of nitrogens with zero attached hydrogens (tertiary/aromatic N) is 4. The first-order valence-corrected chi connectivity index (χ1v) is 15.9. The van der Waals surface area contributed by atoms with Crippen molar-refractivity contribution in [3.63, 3.8) is 0 Å². The number of carbonyl (C=O) groups excluding carboxylic acids is 1. The van der Waals surface area contributed by atoms with Gasteiger partial charge in [0.2, 0.25) is 17.7 Å². The Hall–Kier alpha value is -3.92. The zero-order valence-electron chi connectivity index (χ0n) is 25.1. The van der Waals surface area contributed by atoms with Gasteiger partial charge in [0.25, 0.3) is 0 Å². The Labute approximate surface area is 264 Å². The van der Waals surface area contributed by atoms with E-state index in [0.717, 1.165) is 11.0 Å². The summed E-state index contributed by atoms with van der Waals surface area (Å²) in [5, 5.41) is 2.76. The summed E-state index contributed by atoms with van der Waals surface area (Å²) in [5.74, 6) is -0.335. The van der Waals surface area contributed by atoms with Crippen molar-refractivity contribution >= 4 is 43.9 Å². The topological polar surface area (TPSA) is 171 Å². The van der Waals surface area contributed by atoms with E-state index in [2.05, 4.69) is 20.3 Å². The quantitative estimate of drug-likeness (QED) is 0.123. The van der Waals surface area contributed by atoms with Crippen molar-refractivity contribution in [1.82, 2.24) is 24.8 Å². The van der Waals surface area contributed by atoms with Gasteiger partial charge in [0.05, 0.1) is 26.7 Å². The first kappa shape index (κ1) is 32.0. The Balaban J connectivity index is 1.08. The van der Waals surface area contributed by atoms with E-state index in [9.17, 15) is 13.8 Å². The average Bonchev–Trinajstić information content (AvgIpc) is 3.71. The van der Waals surface area contributed by atoms with E-state index >= 15 is 0 Å². The van der Waals surface area contributed by atoms with Crippen LogP contribution >= 0.6 is 8.25 Å². The van der Waals surface area contributed by atoms with Crippen molar-refractivity contribution in [1.29, 1.82) is 0 Å². The molecule has 2 unspecified atom stereocenters. The third-order valence-electron chi connectivity index (χ3n) is 7.79. The molecule has 2 saturated heterocycles. The van der Waals surface area contributed by atoms with E-state index in [1.54, 1.807) is 23.0 Å². The van der Waals surface area contributed by atoms with Gasteiger partial charge in [-0.25, -0.2) is 9.37 Å². The lowest BCUT2D eigenvalue weighted by molar-refractivity contribution is -0.121. The van der Waals surface area contributed by atoms with Crippen molar-refractivity contribution in [2.45, 2.75) is 50.3 Å². The maximum absolute atomic E-state index is 13.0. The molecule has 6 rings (SSSR count). The lowest BCUT2D eigenvalue weighted by Crippen LogP contribution is -2.42. The van der Waals surface area contributed by atoms with Crippen LogP contribution in [-0.2, 0) is 39.0 Å². The Bertz CT molecular complexity index is 1700. The van der Waals surface area contributed by atoms with Crippen LogP contribution in [0.25, 0.3) is 11.2 Å². The summed E-state index contributed by atoms with van der Waals surface area (Å²) in [4.78, 5) is 25.0. The normalized spacial score (nSPS) is 23.0. The maximum atomic E-state index is 13.0. The molecular formula is C29H33BFN6O8P. The number of carbonyl (C=O) groups is 1. The van der Waals surface area contributed by atoms with Crippen molar-refractivity contribution in [2.24, 2.45) is 0 Å². The number of ether oxygens (including phenoxy) is 2. The summed E-state index contributed by atoms with van der Waals surface area (Å²) < 4.78 is 63.0. The molecule has 14 nitrogen and oxygen atoms in total. The molecule has 17 heteroatoms. The van der Waals surface area contributed by atoms with Crippen molar-refractivity contribution in [2.75, 3.05) is 26.1 Å². The predicted molar refractivity (Wildman–Crippen MR) is 165 cm³/mol. The molecule has 0 bridgehead atoms. The smallest absolute Gasteiger partial charge is 0.479 e. The molecule has 0 radical (unpaired) electrons. The molecule has 46 heavy (non-hydrogen) atoms. The minimum absolute atomic E-state index is 0.00228. The highest BCUT2D eigenvalue weighted by Gasteiger charge is 2.63. The molecule has 4 aromatic rings. The van der Waals surface area contributed by atoms with Gasteiger partial charge in [-0.05, 0) is 36.5 Å². The second-order valence-corrected chi connectivity index (χ2v) is 12.0. The number of hydrogen-bond acceptors (Lipinski definition) is 12. The fourth-order valence-electron chi connectivity index (χ4n) is 5.54. The first-order valence-electron chi connectivity index (χ1n) is 14.6. The van der Waals surface area contributed by atoms with Gasteiger partial charge < -0.3 is 38.9 Å². The van der Waals surface area contributed by atoms with Crippen LogP contribution in [0.5, 0.6) is 5.88 Å². The van der Waals surface area contributed by atoms with Crippen LogP contribution < -0.4 is 21.3 Å². The number of nitrogens with two attached hydrogens (primary N) is 1. The monoisotopic (exact) mass is 654 g/mol. The molecule has 4 heterocycles. The summed E-state index contributed by atoms with van der Waals surface area (Å²) in [6.07, 6.45) is -0.111. The van der Waals surface area contributed by atoms with E-state index < -0.39 is 39.4 Å². The number of rotatable bonds is 13. The molecule has 2 aliphatic heterocycles. The molecule has 0 aliphatic carbocycles. The lowest BCUT2D eigenvalue weighted by atomic mass is 9.79. The van der Waals surface area contributed by atoms with Gasteiger partial charge >= 0.3 is 15.4 Å². The number of methoxy groups -OCH3 is 1. The van der Waals surface area contributed by atoms with Crippen LogP contribution in [0.3, 0.4) is 0 Å². The number of halogens is 1. The Morgan fingerprint density at radius 3 is 2.72 bits per heavy atom. The van der Waals surface area contributed by atoms with Crippen LogP contribution in [0.15, 0.2) is 60.9 Å². The SMILES string of the molecule is COc1nc(N)nc2c1ncn2C1O[C@H](CO[PH](=O)OCCCC(=O)NCc2ccc(F)cc2)[C@H]2OB(c3ccccc3)O[C@@]12C. The number of aromatic nitrogens is 4. The molecule has 2 aliphatic rings. The molecular weight excluding hydrogens is 621 g/mol. The van der Waals surface area contributed by atoms with E-state index in [0.29, 0.717) is 17.6 Å². The largest absolute Gasteiger partial charge is 0.494 e. The summed E-state index contributed by atoms with van der Waals surface area (Å²) in [7, 11) is -2.17. The summed E-state index contributed by atoms with van der Waals surface area (Å²) in [6.45, 7) is 2.07. The third-order valence-corrected chi connectivity index (χ3v) is 8.63. The van der Waals surface area contributed by atoms with E-state index in [1.807, 2.05) is 37.3 Å². The minimum atomic E-state index is -2.93. The van der Waals surface area contributed by atoms with Crippen LogP contribution in [-0.4, -0.2) is 70.7 Å². The Morgan fingerprint density at radius 1 is 1.17 bits per heavy atom. The molecule has 1 amide bonds. The predicted octanol–water partition coefficient (Wildman–Crippen LogP) is 2.54. The standard InChI is InChI=1S/C29H33BFN6O8P/c1-29-24(44-30(45-29)19-7-4-3-5-8-19)21(43-27(29)37-17-34-23-25(37)35-28(32)36-26(23)40-2)16-42-46(39)41-14-6-9-22(38)33-15-18-10-12-20(31)13-11-18/h3-5,7-8,10-13,17,21,24,27,46H,6,9,14-16H2,1-2H3,(H,33,38)(H2,32,35,36)/t21-,24-,27?,29-/m1/s1. The second kappa shape index (κ2) is 13.8. The van der Waals surface area contributed by atoms with Crippen LogP contribution in [0.1, 0.15) is 31.6 Å². The second-order valence-electron chi connectivity index (χ2n) is 11.0. The number of nitrogen functional groups attached to an aromatic ring is 1. The number of nitrogens with one attached hydrogen (secondary N) is 1. The van der Waals surface area contributed by atoms with Crippen molar-refractivity contribution in [3.05, 3.63) is 72.3 Å². The van der Waals surface area contributed by atoms with Crippen LogP contribution in [0.4, 0.5) is 10.3 Å². The first-order chi connectivity index (χ1) is 22.2. The molecule has 5 atom stereocenters. The Morgan fingerprint density at radius 2 is 1.96 bits per heavy atom. The lowest BCUT2D eigenvalue weighted by Gasteiger charge is -2.29. The van der Waals surface area contributed by atoms with Gasteiger partial charge in [-0.2, -0.15) is 9.97 Å². The average molecular weight is 654 g/mol. The molecule has 2 fully saturated rings. The number of benzene rings is 2. The summed E-state index contributed by atoms with van der Waals surface area (Å²) >= 11 is 0. The molecule has 2 aromatic carbocycles. The number of fused-ring (bicyclic) bond motifs is 2. The van der Waals surface area contributed by atoms with Gasteiger partial charge in [-0.1, -0.05) is 42.5 Å². The van der Waals surface area contributed by atoms with Crippen molar-refractivity contribution < 1.29 is 41.6 Å². The molecule has 2 aromatic heterocycles. The number of hydrogen-bond donors (Lipinski definition) is 2. The zero-order valence-corrected chi connectivity index (χ0v) is 26.1. The van der Waals surface area contributed by atoms with Gasteiger partial charge in [-0.15, -0.1) is 0 Å². The Kier molecular flexibility index (Phi) is 9.63. The van der Waals surface area contributed by atoms with Crippen molar-refractivity contribution in [3.8, 4) is 5.88 Å². The molecule has 0 spiro atoms. The number of anilines is 1. The highest BCUT2D eigenvalue weighted by molar-refractivity contribution is 7.33. The molecule has 3 N–H and O–H groups in total. The van der Waals surface area contributed by atoms with Crippen LogP contribution in [0.2, 0.25) is 0 Å². The fourth-order valence-corrected chi connectivity index (χ4v) is 6.23. The number of amides is 1. The third kappa shape index (κ3) is 6.77. The van der Waals surface area contributed by atoms with Gasteiger partial charge in [0.15, 0.2) is 17.4 Å². The molecule has 0 saturated carbocycles.